The molecule has 2 unspecified atom stereocenters. The SMILES string of the molecule is CCC1CN(C2CC(OC3CCN(c4ncc(Cl)c(Nc5ccc6c(c5)cc(OCC(=O)NC)c(=O)n6C(C)C)n4)CC3)C2)CCN1c1ccc2c(c1C)C(=O)N(C1CCC(=O)NC1=O)C2=O. The molecule has 3 saturated heterocycles. The summed E-state index contributed by atoms with van der Waals surface area (Å²) >= 11 is 6.61. The van der Waals surface area contributed by atoms with E-state index in [-0.39, 0.29) is 61.0 Å². The average Bonchev–Trinajstić information content (AvgIpc) is 3.56. The molecule has 0 spiro atoms. The molecule has 1 aliphatic carbocycles. The van der Waals surface area contributed by atoms with E-state index in [4.69, 9.17) is 26.1 Å². The van der Waals surface area contributed by atoms with Gasteiger partial charge < -0.3 is 34.5 Å². The Hall–Kier alpha value is -6.11. The fraction of sp³-hybridized carbons (Fsp3) is 0.500. The minimum atomic E-state index is -0.995. The maximum absolute atomic E-state index is 13.7. The van der Waals surface area contributed by atoms with Gasteiger partial charge in [0.25, 0.3) is 23.3 Å². The molecule has 9 rings (SSSR count). The highest BCUT2D eigenvalue weighted by Gasteiger charge is 2.46. The monoisotopic (exact) mass is 936 g/mol. The quantitative estimate of drug-likeness (QED) is 0.156. The van der Waals surface area contributed by atoms with Gasteiger partial charge in [-0.15, -0.1) is 0 Å². The molecule has 354 valence electrons. The summed E-state index contributed by atoms with van der Waals surface area (Å²) in [6.07, 6.45) is 6.70. The third-order valence-corrected chi connectivity index (χ3v) is 14.3. The number of aromatic nitrogens is 3. The highest BCUT2D eigenvalue weighted by Crippen LogP contribution is 2.38. The number of fused-ring (bicyclic) bond motifs is 2. The molecule has 0 bridgehead atoms. The van der Waals surface area contributed by atoms with Gasteiger partial charge in [-0.05, 0) is 101 Å². The van der Waals surface area contributed by atoms with Crippen molar-refractivity contribution in [1.82, 2.24) is 35.0 Å². The molecule has 5 amide bonds. The standard InChI is InChI=1S/C48H57ClN10O8/c1-6-30-24-56(17-18-57(30)36-10-8-34-42(27(36)4)47(65)59(45(34)63)38-11-12-40(60)53-44(38)62)31-21-33(22-31)67-32-13-15-55(16-14-32)48-51-23-35(49)43(54-48)52-29-7-9-37-28(19-29)20-39(66-25-41(61)50-5)46(64)58(37)26(2)3/h7-10,19-20,23,26,30-33,38H,6,11-18,21-22,24-25H2,1-5H3,(H,50,61)(H,51,52,54)(H,53,60,62). The zero-order valence-electron chi connectivity index (χ0n) is 38.5. The molecule has 4 fully saturated rings. The molecule has 4 aromatic rings. The van der Waals surface area contributed by atoms with Crippen LogP contribution in [0.25, 0.3) is 10.9 Å². The molecular formula is C48H57ClN10O8. The first kappa shape index (κ1) is 46.0. The van der Waals surface area contributed by atoms with Gasteiger partial charge in [0.05, 0.1) is 35.0 Å². The number of pyridine rings is 1. The molecule has 5 aliphatic rings. The van der Waals surface area contributed by atoms with E-state index in [1.807, 2.05) is 45.0 Å². The van der Waals surface area contributed by atoms with E-state index in [0.717, 1.165) is 91.9 Å². The van der Waals surface area contributed by atoms with E-state index in [9.17, 15) is 28.8 Å². The van der Waals surface area contributed by atoms with Crippen LogP contribution in [0.3, 0.4) is 0 Å². The lowest BCUT2D eigenvalue weighted by Crippen LogP contribution is -2.59. The minimum absolute atomic E-state index is 0.0809. The molecule has 2 aromatic carbocycles. The summed E-state index contributed by atoms with van der Waals surface area (Å²) in [6.45, 7) is 11.6. The number of amides is 5. The van der Waals surface area contributed by atoms with E-state index in [1.165, 1.54) is 7.05 Å². The predicted octanol–water partition coefficient (Wildman–Crippen LogP) is 4.72. The Bertz CT molecular complexity index is 2700. The molecule has 19 heteroatoms. The fourth-order valence-electron chi connectivity index (χ4n) is 10.3. The van der Waals surface area contributed by atoms with Crippen molar-refractivity contribution in [3.8, 4) is 5.75 Å². The largest absolute Gasteiger partial charge is 0.478 e. The number of likely N-dealkylation sites (N-methyl/N-ethyl adjacent to an activating group) is 1. The van der Waals surface area contributed by atoms with Crippen molar-refractivity contribution in [1.29, 1.82) is 0 Å². The molecule has 2 atom stereocenters. The van der Waals surface area contributed by atoms with Gasteiger partial charge in [-0.2, -0.15) is 4.98 Å². The van der Waals surface area contributed by atoms with Gasteiger partial charge in [0.15, 0.2) is 18.2 Å². The van der Waals surface area contributed by atoms with E-state index < -0.39 is 29.7 Å². The molecule has 4 aliphatic heterocycles. The van der Waals surface area contributed by atoms with Crippen molar-refractivity contribution in [3.63, 3.8) is 0 Å². The van der Waals surface area contributed by atoms with Gasteiger partial charge in [0.2, 0.25) is 17.8 Å². The number of imide groups is 2. The van der Waals surface area contributed by atoms with Crippen LogP contribution in [0.5, 0.6) is 5.75 Å². The first-order valence-corrected chi connectivity index (χ1v) is 23.7. The second kappa shape index (κ2) is 18.9. The topological polar surface area (TPSA) is 201 Å². The van der Waals surface area contributed by atoms with Gasteiger partial charge in [0, 0.05) is 81.1 Å². The first-order valence-electron chi connectivity index (χ1n) is 23.3. The molecule has 1 saturated carbocycles. The van der Waals surface area contributed by atoms with Gasteiger partial charge in [-0.1, -0.05) is 18.5 Å². The third kappa shape index (κ3) is 8.93. The smallest absolute Gasteiger partial charge is 0.293 e. The van der Waals surface area contributed by atoms with Crippen LogP contribution in [0.4, 0.5) is 23.1 Å². The lowest BCUT2D eigenvalue weighted by Gasteiger charge is -2.50. The van der Waals surface area contributed by atoms with Crippen molar-refractivity contribution >= 4 is 75.2 Å². The number of carbonyl (C=O) groups excluding carboxylic acids is 5. The second-order valence-electron chi connectivity index (χ2n) is 18.4. The number of ether oxygens (including phenoxy) is 2. The average molecular weight is 937 g/mol. The van der Waals surface area contributed by atoms with Crippen molar-refractivity contribution in [2.45, 2.75) is 109 Å². The zero-order chi connectivity index (χ0) is 47.3. The Morgan fingerprint density at radius 2 is 1.75 bits per heavy atom. The summed E-state index contributed by atoms with van der Waals surface area (Å²) < 4.78 is 13.9. The number of nitrogens with zero attached hydrogens (tertiary/aromatic N) is 7. The third-order valence-electron chi connectivity index (χ3n) is 14.0. The normalized spacial score (nSPS) is 22.6. The minimum Gasteiger partial charge on any atom is -0.478 e. The second-order valence-corrected chi connectivity index (χ2v) is 18.8. The van der Waals surface area contributed by atoms with Gasteiger partial charge in [0.1, 0.15) is 11.1 Å². The number of hydrogen-bond acceptors (Lipinski definition) is 14. The van der Waals surface area contributed by atoms with E-state index in [1.54, 1.807) is 22.9 Å². The maximum atomic E-state index is 13.7. The van der Waals surface area contributed by atoms with Crippen LogP contribution in [-0.2, 0) is 19.1 Å². The summed E-state index contributed by atoms with van der Waals surface area (Å²) in [5.74, 6) is -1.20. The number of carbonyl (C=O) groups is 5. The lowest BCUT2D eigenvalue weighted by molar-refractivity contribution is -0.136. The van der Waals surface area contributed by atoms with Crippen LogP contribution in [-0.4, -0.2) is 131 Å². The van der Waals surface area contributed by atoms with Crippen molar-refractivity contribution in [3.05, 3.63) is 74.7 Å². The highest BCUT2D eigenvalue weighted by atomic mass is 35.5. The van der Waals surface area contributed by atoms with Gasteiger partial charge in [-0.3, -0.25) is 43.9 Å². The van der Waals surface area contributed by atoms with Crippen LogP contribution in [0.15, 0.2) is 47.4 Å². The number of benzene rings is 2. The molecule has 18 nitrogen and oxygen atoms in total. The molecule has 3 N–H and O–H groups in total. The Morgan fingerprint density at radius 1 is 0.970 bits per heavy atom. The number of rotatable bonds is 13. The van der Waals surface area contributed by atoms with Crippen LogP contribution in [0.2, 0.25) is 5.02 Å². The van der Waals surface area contributed by atoms with Crippen LogP contribution < -0.4 is 36.0 Å². The Balaban J connectivity index is 0.771. The van der Waals surface area contributed by atoms with E-state index in [0.29, 0.717) is 39.6 Å². The summed E-state index contributed by atoms with van der Waals surface area (Å²) in [6, 6.07) is 10.4. The maximum Gasteiger partial charge on any atom is 0.293 e. The number of piperidine rings is 2. The van der Waals surface area contributed by atoms with Gasteiger partial charge in [-0.25, -0.2) is 4.98 Å². The summed E-state index contributed by atoms with van der Waals surface area (Å²) in [4.78, 5) is 94.2. The van der Waals surface area contributed by atoms with Crippen molar-refractivity contribution in [2.75, 3.05) is 61.5 Å². The molecular weight excluding hydrogens is 880 g/mol. The lowest BCUT2D eigenvalue weighted by atomic mass is 9.86. The van der Waals surface area contributed by atoms with Crippen LogP contribution in [0.1, 0.15) is 98.0 Å². The van der Waals surface area contributed by atoms with E-state index >= 15 is 0 Å². The molecule has 2 aromatic heterocycles. The zero-order valence-corrected chi connectivity index (χ0v) is 39.2. The molecule has 67 heavy (non-hydrogen) atoms. The van der Waals surface area contributed by atoms with Crippen LogP contribution >= 0.6 is 11.6 Å². The summed E-state index contributed by atoms with van der Waals surface area (Å²) in [5, 5.41) is 9.22. The number of hydrogen-bond donors (Lipinski definition) is 3. The summed E-state index contributed by atoms with van der Waals surface area (Å²) in [7, 11) is 1.51. The molecule has 6 heterocycles. The highest BCUT2D eigenvalue weighted by molar-refractivity contribution is 6.33. The van der Waals surface area contributed by atoms with E-state index in [2.05, 4.69) is 42.6 Å². The fourth-order valence-corrected chi connectivity index (χ4v) is 10.4. The number of anilines is 4. The molecule has 0 radical (unpaired) electrons. The number of halogens is 1. The van der Waals surface area contributed by atoms with Crippen LogP contribution in [0, 0.1) is 6.92 Å². The van der Waals surface area contributed by atoms with Crippen molar-refractivity contribution in [2.24, 2.45) is 0 Å². The Morgan fingerprint density at radius 3 is 2.46 bits per heavy atom. The first-order chi connectivity index (χ1) is 32.2. The Kier molecular flexibility index (Phi) is 13.0. The number of nitrogens with one attached hydrogen (secondary N) is 3. The van der Waals surface area contributed by atoms with Gasteiger partial charge >= 0.3 is 0 Å². The Labute approximate surface area is 393 Å². The number of piperazine rings is 1. The van der Waals surface area contributed by atoms with Crippen molar-refractivity contribution < 1.29 is 33.4 Å². The predicted molar refractivity (Wildman–Crippen MR) is 252 cm³/mol. The summed E-state index contributed by atoms with van der Waals surface area (Å²) in [5.41, 5.74) is 3.44.